The number of carbonyl (C=O) groups is 1. The molecule has 0 aliphatic heterocycles. The van der Waals surface area contributed by atoms with Crippen LogP contribution in [0.1, 0.15) is 12.5 Å². The average molecular weight is 293 g/mol. The van der Waals surface area contributed by atoms with Gasteiger partial charge in [-0.3, -0.25) is 0 Å². The Hall–Kier alpha value is -1.83. The standard InChI is InChI=1S/C10H8ClF3N4O/c1-5(4-19)15-9-16-8-2-6(10(12,13)14)7(11)3-18(8)17-9/h2-5H,1H3,(H,15,17). The summed E-state index contributed by atoms with van der Waals surface area (Å²) >= 11 is 5.54. The van der Waals surface area contributed by atoms with E-state index in [-0.39, 0.29) is 11.6 Å². The summed E-state index contributed by atoms with van der Waals surface area (Å²) < 4.78 is 39.0. The van der Waals surface area contributed by atoms with Gasteiger partial charge in [0.15, 0.2) is 5.65 Å². The van der Waals surface area contributed by atoms with E-state index in [0.29, 0.717) is 6.29 Å². The van der Waals surface area contributed by atoms with Gasteiger partial charge < -0.3 is 10.1 Å². The first kappa shape index (κ1) is 13.6. The second-order valence-corrected chi connectivity index (χ2v) is 4.25. The van der Waals surface area contributed by atoms with Gasteiger partial charge in [-0.15, -0.1) is 5.10 Å². The van der Waals surface area contributed by atoms with Crippen molar-refractivity contribution in [3.63, 3.8) is 0 Å². The van der Waals surface area contributed by atoms with E-state index < -0.39 is 22.8 Å². The molecule has 19 heavy (non-hydrogen) atoms. The lowest BCUT2D eigenvalue weighted by Crippen LogP contribution is -2.17. The molecule has 1 atom stereocenters. The van der Waals surface area contributed by atoms with Crippen LogP contribution < -0.4 is 5.32 Å². The summed E-state index contributed by atoms with van der Waals surface area (Å²) in [7, 11) is 0. The highest BCUT2D eigenvalue weighted by atomic mass is 35.5. The van der Waals surface area contributed by atoms with E-state index in [9.17, 15) is 18.0 Å². The van der Waals surface area contributed by atoms with Crippen molar-refractivity contribution < 1.29 is 18.0 Å². The number of hydrogen-bond donors (Lipinski definition) is 1. The van der Waals surface area contributed by atoms with Crippen LogP contribution in [0.2, 0.25) is 5.02 Å². The fraction of sp³-hybridized carbons (Fsp3) is 0.300. The van der Waals surface area contributed by atoms with Crippen molar-refractivity contribution in [3.8, 4) is 0 Å². The summed E-state index contributed by atoms with van der Waals surface area (Å²) in [5.41, 5.74) is -0.999. The number of nitrogens with one attached hydrogen (secondary N) is 1. The Morgan fingerprint density at radius 3 is 2.79 bits per heavy atom. The van der Waals surface area contributed by atoms with Gasteiger partial charge in [-0.25, -0.2) is 4.52 Å². The number of anilines is 1. The molecule has 0 fully saturated rings. The van der Waals surface area contributed by atoms with E-state index in [1.54, 1.807) is 6.92 Å². The molecule has 102 valence electrons. The predicted molar refractivity (Wildman–Crippen MR) is 62.1 cm³/mol. The van der Waals surface area contributed by atoms with Crippen LogP contribution in [0.25, 0.3) is 5.65 Å². The molecule has 0 saturated carbocycles. The molecule has 1 N–H and O–H groups in total. The molecule has 2 aromatic rings. The molecule has 0 aliphatic rings. The smallest absolute Gasteiger partial charge is 0.344 e. The van der Waals surface area contributed by atoms with Gasteiger partial charge in [-0.1, -0.05) is 11.6 Å². The van der Waals surface area contributed by atoms with Crippen molar-refractivity contribution in [2.45, 2.75) is 19.1 Å². The van der Waals surface area contributed by atoms with Crippen molar-refractivity contribution in [2.24, 2.45) is 0 Å². The number of aldehydes is 1. The van der Waals surface area contributed by atoms with Crippen LogP contribution in [0, 0.1) is 0 Å². The molecule has 0 aromatic carbocycles. The Morgan fingerprint density at radius 1 is 1.53 bits per heavy atom. The lowest BCUT2D eigenvalue weighted by molar-refractivity contribution is -0.137. The number of pyridine rings is 1. The Labute approximate surface area is 110 Å². The average Bonchev–Trinajstić information content (AvgIpc) is 2.67. The first-order valence-corrected chi connectivity index (χ1v) is 5.54. The normalized spacial score (nSPS) is 13.5. The maximum atomic E-state index is 12.6. The van der Waals surface area contributed by atoms with E-state index in [1.165, 1.54) is 0 Å². The van der Waals surface area contributed by atoms with Crippen LogP contribution >= 0.6 is 11.6 Å². The first-order valence-electron chi connectivity index (χ1n) is 5.16. The van der Waals surface area contributed by atoms with Crippen LogP contribution in [0.4, 0.5) is 19.1 Å². The molecule has 0 saturated heterocycles. The zero-order valence-corrected chi connectivity index (χ0v) is 10.3. The molecular weight excluding hydrogens is 285 g/mol. The molecular formula is C10H8ClF3N4O. The summed E-state index contributed by atoms with van der Waals surface area (Å²) in [6.07, 6.45) is -2.92. The highest BCUT2D eigenvalue weighted by Gasteiger charge is 2.34. The Morgan fingerprint density at radius 2 is 2.21 bits per heavy atom. The zero-order valence-electron chi connectivity index (χ0n) is 9.57. The van der Waals surface area contributed by atoms with Gasteiger partial charge >= 0.3 is 6.18 Å². The molecule has 0 spiro atoms. The Kier molecular flexibility index (Phi) is 3.36. The topological polar surface area (TPSA) is 59.3 Å². The molecule has 0 aliphatic carbocycles. The van der Waals surface area contributed by atoms with Gasteiger partial charge in [0, 0.05) is 0 Å². The molecule has 1 unspecified atom stereocenters. The minimum Gasteiger partial charge on any atom is -0.344 e. The molecule has 9 heteroatoms. The van der Waals surface area contributed by atoms with Crippen molar-refractivity contribution in [1.29, 1.82) is 0 Å². The third-order valence-electron chi connectivity index (χ3n) is 2.29. The van der Waals surface area contributed by atoms with E-state index >= 15 is 0 Å². The number of halogens is 4. The fourth-order valence-electron chi connectivity index (χ4n) is 1.42. The Balaban J connectivity index is 2.46. The number of hydrogen-bond acceptors (Lipinski definition) is 4. The van der Waals surface area contributed by atoms with Gasteiger partial charge in [0.2, 0.25) is 5.95 Å². The minimum absolute atomic E-state index is 0.0164. The van der Waals surface area contributed by atoms with Crippen LogP contribution in [-0.2, 0) is 11.0 Å². The second-order valence-electron chi connectivity index (χ2n) is 3.84. The van der Waals surface area contributed by atoms with Crippen molar-refractivity contribution in [1.82, 2.24) is 14.6 Å². The highest BCUT2D eigenvalue weighted by molar-refractivity contribution is 6.31. The van der Waals surface area contributed by atoms with E-state index in [2.05, 4.69) is 15.4 Å². The number of alkyl halides is 3. The number of carbonyl (C=O) groups excluding carboxylic acids is 1. The minimum atomic E-state index is -4.56. The van der Waals surface area contributed by atoms with Crippen molar-refractivity contribution in [2.75, 3.05) is 5.32 Å². The van der Waals surface area contributed by atoms with Gasteiger partial charge in [-0.05, 0) is 13.0 Å². The van der Waals surface area contributed by atoms with Crippen LogP contribution in [-0.4, -0.2) is 26.9 Å². The van der Waals surface area contributed by atoms with Gasteiger partial charge in [0.25, 0.3) is 0 Å². The lowest BCUT2D eigenvalue weighted by atomic mass is 10.2. The summed E-state index contributed by atoms with van der Waals surface area (Å²) in [5, 5.41) is 6.02. The third kappa shape index (κ3) is 2.78. The van der Waals surface area contributed by atoms with Crippen molar-refractivity contribution in [3.05, 3.63) is 22.8 Å². The predicted octanol–water partition coefficient (Wildman–Crippen LogP) is 2.40. The SMILES string of the molecule is CC(C=O)Nc1nc2cc(C(F)(F)F)c(Cl)cn2n1. The van der Waals surface area contributed by atoms with Crippen LogP contribution in [0.3, 0.4) is 0 Å². The number of aromatic nitrogens is 3. The molecule has 5 nitrogen and oxygen atoms in total. The molecule has 2 rings (SSSR count). The van der Waals surface area contributed by atoms with Gasteiger partial charge in [-0.2, -0.15) is 18.2 Å². The van der Waals surface area contributed by atoms with Crippen molar-refractivity contribution >= 4 is 29.5 Å². The van der Waals surface area contributed by atoms with E-state index in [1.807, 2.05) is 0 Å². The third-order valence-corrected chi connectivity index (χ3v) is 2.59. The maximum absolute atomic E-state index is 12.6. The second kappa shape index (κ2) is 4.69. The van der Waals surface area contributed by atoms with Gasteiger partial charge in [0.1, 0.15) is 6.29 Å². The zero-order chi connectivity index (χ0) is 14.2. The fourth-order valence-corrected chi connectivity index (χ4v) is 1.67. The molecule has 0 radical (unpaired) electrons. The largest absolute Gasteiger partial charge is 0.418 e. The summed E-state index contributed by atoms with van der Waals surface area (Å²) in [6.45, 7) is 1.56. The van der Waals surface area contributed by atoms with E-state index in [0.717, 1.165) is 16.8 Å². The van der Waals surface area contributed by atoms with E-state index in [4.69, 9.17) is 11.6 Å². The monoisotopic (exact) mass is 292 g/mol. The van der Waals surface area contributed by atoms with Crippen LogP contribution in [0.5, 0.6) is 0 Å². The molecule has 2 heterocycles. The quantitative estimate of drug-likeness (QED) is 0.883. The molecule has 0 bridgehead atoms. The number of rotatable bonds is 3. The number of nitrogens with zero attached hydrogens (tertiary/aromatic N) is 3. The summed E-state index contributed by atoms with van der Waals surface area (Å²) in [5.74, 6) is 0.0509. The number of fused-ring (bicyclic) bond motifs is 1. The summed E-state index contributed by atoms with van der Waals surface area (Å²) in [6, 6.07) is 0.251. The maximum Gasteiger partial charge on any atom is 0.418 e. The van der Waals surface area contributed by atoms with Gasteiger partial charge in [0.05, 0.1) is 22.8 Å². The Bertz CT molecular complexity index is 625. The summed E-state index contributed by atoms with van der Waals surface area (Å²) in [4.78, 5) is 14.3. The molecule has 2 aromatic heterocycles. The molecule has 0 amide bonds. The van der Waals surface area contributed by atoms with Crippen LogP contribution in [0.15, 0.2) is 12.3 Å². The first-order chi connectivity index (χ1) is 8.81. The highest BCUT2D eigenvalue weighted by Crippen LogP contribution is 2.35. The lowest BCUT2D eigenvalue weighted by Gasteiger charge is -2.07.